The van der Waals surface area contributed by atoms with E-state index in [1.165, 1.54) is 11.1 Å². The van der Waals surface area contributed by atoms with Crippen molar-refractivity contribution in [3.63, 3.8) is 0 Å². The molecule has 130 valence electrons. The van der Waals surface area contributed by atoms with Gasteiger partial charge in [-0.05, 0) is 29.2 Å². The predicted octanol–water partition coefficient (Wildman–Crippen LogP) is 2.92. The second-order valence-electron chi connectivity index (χ2n) is 6.44. The zero-order chi connectivity index (χ0) is 17.8. The maximum absolute atomic E-state index is 12.5. The van der Waals surface area contributed by atoms with E-state index in [-0.39, 0.29) is 5.91 Å². The van der Waals surface area contributed by atoms with Crippen molar-refractivity contribution in [1.29, 1.82) is 0 Å². The van der Waals surface area contributed by atoms with Gasteiger partial charge in [-0.1, -0.05) is 59.8 Å². The van der Waals surface area contributed by atoms with E-state index >= 15 is 0 Å². The molecule has 0 atom stereocenters. The number of benzene rings is 2. The van der Waals surface area contributed by atoms with E-state index in [0.717, 1.165) is 18.5 Å². The summed E-state index contributed by atoms with van der Waals surface area (Å²) in [7, 11) is 0. The molecule has 1 aliphatic rings. The number of rotatable bonds is 4. The Balaban J connectivity index is 1.38. The van der Waals surface area contributed by atoms with E-state index < -0.39 is 0 Å². The average Bonchev–Trinajstić information content (AvgIpc) is 3.14. The molecule has 0 N–H and O–H groups in total. The molecule has 4 rings (SSSR count). The van der Waals surface area contributed by atoms with Gasteiger partial charge in [0.25, 0.3) is 0 Å². The highest BCUT2D eigenvalue weighted by Gasteiger charge is 2.18. The fourth-order valence-electron chi connectivity index (χ4n) is 3.18. The number of hydrogen-bond donors (Lipinski definition) is 0. The molecule has 0 aliphatic carbocycles. The van der Waals surface area contributed by atoms with Gasteiger partial charge < -0.3 is 4.90 Å². The van der Waals surface area contributed by atoms with Crippen molar-refractivity contribution in [2.45, 2.75) is 19.5 Å². The lowest BCUT2D eigenvalue weighted by molar-refractivity contribution is -0.126. The quantitative estimate of drug-likeness (QED) is 0.684. The number of carbonyl (C=O) groups excluding carboxylic acids is 1. The summed E-state index contributed by atoms with van der Waals surface area (Å²) in [5, 5.41) is 8.24. The first-order chi connectivity index (χ1) is 12.8. The third-order valence-corrected chi connectivity index (χ3v) is 4.58. The largest absolute Gasteiger partial charge is 0.334 e. The normalized spacial score (nSPS) is 13.8. The second-order valence-corrected chi connectivity index (χ2v) is 6.44. The van der Waals surface area contributed by atoms with Crippen molar-refractivity contribution < 1.29 is 4.79 Å². The molecule has 0 radical (unpaired) electrons. The third-order valence-electron chi connectivity index (χ3n) is 4.58. The second kappa shape index (κ2) is 7.35. The van der Waals surface area contributed by atoms with Crippen LogP contribution in [0, 0.1) is 0 Å². The fraction of sp³-hybridized carbons (Fsp3) is 0.190. The molecule has 1 amide bonds. The maximum Gasteiger partial charge on any atom is 0.246 e. The van der Waals surface area contributed by atoms with Crippen molar-refractivity contribution in [3.8, 4) is 0 Å². The molecule has 0 bridgehead atoms. The third kappa shape index (κ3) is 3.72. The SMILES string of the molecule is O=C(/C=C/c1cn(Cc2ccccc2)nn1)N1CCc2ccccc2C1. The molecular weight excluding hydrogens is 324 g/mol. The van der Waals surface area contributed by atoms with Gasteiger partial charge in [0.2, 0.25) is 5.91 Å². The van der Waals surface area contributed by atoms with Crippen LogP contribution in [0.3, 0.4) is 0 Å². The molecule has 5 nitrogen and oxygen atoms in total. The van der Waals surface area contributed by atoms with Crippen LogP contribution in [0.4, 0.5) is 0 Å². The molecule has 2 heterocycles. The molecule has 2 aromatic carbocycles. The van der Waals surface area contributed by atoms with Crippen LogP contribution < -0.4 is 0 Å². The monoisotopic (exact) mass is 344 g/mol. The number of aromatic nitrogens is 3. The van der Waals surface area contributed by atoms with Crippen LogP contribution in [-0.2, 0) is 24.3 Å². The first-order valence-corrected chi connectivity index (χ1v) is 8.76. The highest BCUT2D eigenvalue weighted by molar-refractivity contribution is 5.91. The van der Waals surface area contributed by atoms with Crippen molar-refractivity contribution >= 4 is 12.0 Å². The smallest absolute Gasteiger partial charge is 0.246 e. The minimum Gasteiger partial charge on any atom is -0.334 e. The first-order valence-electron chi connectivity index (χ1n) is 8.76. The lowest BCUT2D eigenvalue weighted by Crippen LogP contribution is -2.34. The van der Waals surface area contributed by atoms with Gasteiger partial charge >= 0.3 is 0 Å². The van der Waals surface area contributed by atoms with Crippen LogP contribution in [0.5, 0.6) is 0 Å². The maximum atomic E-state index is 12.5. The molecule has 1 aliphatic heterocycles. The molecule has 0 unspecified atom stereocenters. The van der Waals surface area contributed by atoms with Gasteiger partial charge in [-0.3, -0.25) is 4.79 Å². The van der Waals surface area contributed by atoms with E-state index in [1.54, 1.807) is 16.8 Å². The highest BCUT2D eigenvalue weighted by Crippen LogP contribution is 2.18. The Labute approximate surface area is 152 Å². The summed E-state index contributed by atoms with van der Waals surface area (Å²) >= 11 is 0. The Bertz CT molecular complexity index is 930. The molecular formula is C21H20N4O. The van der Waals surface area contributed by atoms with Crippen molar-refractivity contribution in [2.75, 3.05) is 6.54 Å². The molecule has 0 fully saturated rings. The Morgan fingerprint density at radius 1 is 1.04 bits per heavy atom. The minimum atomic E-state index is 0.0112. The first kappa shape index (κ1) is 16.3. The number of nitrogens with zero attached hydrogens (tertiary/aromatic N) is 4. The Morgan fingerprint density at radius 2 is 1.81 bits per heavy atom. The van der Waals surface area contributed by atoms with Crippen LogP contribution in [-0.4, -0.2) is 32.3 Å². The molecule has 0 saturated heterocycles. The fourth-order valence-corrected chi connectivity index (χ4v) is 3.18. The van der Waals surface area contributed by atoms with Gasteiger partial charge in [-0.2, -0.15) is 0 Å². The number of fused-ring (bicyclic) bond motifs is 1. The summed E-state index contributed by atoms with van der Waals surface area (Å²) in [6.45, 7) is 2.08. The van der Waals surface area contributed by atoms with E-state index in [4.69, 9.17) is 0 Å². The Morgan fingerprint density at radius 3 is 2.65 bits per heavy atom. The zero-order valence-corrected chi connectivity index (χ0v) is 14.5. The molecule has 3 aromatic rings. The van der Waals surface area contributed by atoms with Gasteiger partial charge in [-0.25, -0.2) is 4.68 Å². The van der Waals surface area contributed by atoms with Crippen LogP contribution in [0.25, 0.3) is 6.08 Å². The van der Waals surface area contributed by atoms with Crippen molar-refractivity contribution in [3.05, 3.63) is 89.3 Å². The van der Waals surface area contributed by atoms with Gasteiger partial charge in [0, 0.05) is 19.2 Å². The van der Waals surface area contributed by atoms with E-state index in [1.807, 2.05) is 35.4 Å². The van der Waals surface area contributed by atoms with Gasteiger partial charge in [-0.15, -0.1) is 5.10 Å². The summed E-state index contributed by atoms with van der Waals surface area (Å²) in [4.78, 5) is 14.3. The number of hydrogen-bond acceptors (Lipinski definition) is 3. The molecule has 5 heteroatoms. The molecule has 26 heavy (non-hydrogen) atoms. The van der Waals surface area contributed by atoms with E-state index in [0.29, 0.717) is 18.8 Å². The Kier molecular flexibility index (Phi) is 4.60. The number of amides is 1. The minimum absolute atomic E-state index is 0.0112. The Hall–Kier alpha value is -3.21. The van der Waals surface area contributed by atoms with Crippen molar-refractivity contribution in [1.82, 2.24) is 19.9 Å². The van der Waals surface area contributed by atoms with Crippen LogP contribution in [0.15, 0.2) is 66.9 Å². The van der Waals surface area contributed by atoms with Crippen LogP contribution >= 0.6 is 0 Å². The summed E-state index contributed by atoms with van der Waals surface area (Å²) < 4.78 is 1.77. The summed E-state index contributed by atoms with van der Waals surface area (Å²) in [5.41, 5.74) is 4.42. The van der Waals surface area contributed by atoms with Crippen molar-refractivity contribution in [2.24, 2.45) is 0 Å². The standard InChI is InChI=1S/C21H20N4O/c26-21(24-13-12-18-8-4-5-9-19(18)15-24)11-10-20-16-25(23-22-20)14-17-6-2-1-3-7-17/h1-11,16H,12-15H2/b11-10+. The van der Waals surface area contributed by atoms with Crippen LogP contribution in [0.1, 0.15) is 22.4 Å². The lowest BCUT2D eigenvalue weighted by Gasteiger charge is -2.27. The highest BCUT2D eigenvalue weighted by atomic mass is 16.2. The lowest BCUT2D eigenvalue weighted by atomic mass is 10.00. The summed E-state index contributed by atoms with van der Waals surface area (Å²) in [6.07, 6.45) is 6.08. The predicted molar refractivity (Wildman–Crippen MR) is 100 cm³/mol. The molecule has 0 spiro atoms. The van der Waals surface area contributed by atoms with Crippen LogP contribution in [0.2, 0.25) is 0 Å². The number of carbonyl (C=O) groups is 1. The van der Waals surface area contributed by atoms with Gasteiger partial charge in [0.15, 0.2) is 0 Å². The molecule has 0 saturated carbocycles. The van der Waals surface area contributed by atoms with Gasteiger partial charge in [0.1, 0.15) is 5.69 Å². The summed E-state index contributed by atoms with van der Waals surface area (Å²) in [5.74, 6) is 0.0112. The van der Waals surface area contributed by atoms with E-state index in [9.17, 15) is 4.79 Å². The average molecular weight is 344 g/mol. The summed E-state index contributed by atoms with van der Waals surface area (Å²) in [6, 6.07) is 18.4. The van der Waals surface area contributed by atoms with Gasteiger partial charge in [0.05, 0.1) is 12.7 Å². The zero-order valence-electron chi connectivity index (χ0n) is 14.5. The van der Waals surface area contributed by atoms with E-state index in [2.05, 4.69) is 40.6 Å². The topological polar surface area (TPSA) is 51.0 Å². The molecule has 1 aromatic heterocycles.